The number of sulfone groups is 1. The van der Waals surface area contributed by atoms with Crippen molar-refractivity contribution in [3.05, 3.63) is 34.7 Å². The number of carbonyl (C=O) groups excluding carboxylic acids is 1. The molecule has 1 saturated heterocycles. The third-order valence-corrected chi connectivity index (χ3v) is 7.80. The van der Waals surface area contributed by atoms with Gasteiger partial charge in [-0.2, -0.15) is 0 Å². The van der Waals surface area contributed by atoms with E-state index in [2.05, 4.69) is 11.1 Å². The van der Waals surface area contributed by atoms with E-state index in [4.69, 9.17) is 10.5 Å². The molecule has 0 aliphatic carbocycles. The quantitative estimate of drug-likeness (QED) is 0.790. The summed E-state index contributed by atoms with van der Waals surface area (Å²) in [5, 5.41) is 0. The molecule has 2 N–H and O–H groups in total. The van der Waals surface area contributed by atoms with Crippen molar-refractivity contribution < 1.29 is 17.9 Å². The van der Waals surface area contributed by atoms with Crippen molar-refractivity contribution in [2.24, 2.45) is 0 Å². The van der Waals surface area contributed by atoms with Gasteiger partial charge in [0, 0.05) is 37.1 Å². The molecule has 29 heavy (non-hydrogen) atoms. The number of hydrogen-bond acceptors (Lipinski definition) is 7. The van der Waals surface area contributed by atoms with Gasteiger partial charge in [0.25, 0.3) is 0 Å². The first-order valence-electron chi connectivity index (χ1n) is 9.71. The second-order valence-electron chi connectivity index (χ2n) is 7.75. The summed E-state index contributed by atoms with van der Waals surface area (Å²) < 4.78 is 28.9. The molecule has 0 unspecified atom stereocenters. The topological polar surface area (TPSA) is 103 Å². The number of fused-ring (bicyclic) bond motifs is 2. The lowest BCUT2D eigenvalue weighted by molar-refractivity contribution is -0.140. The standard InChI is InChI=1S/C20H25N3O4S2/c1-29(25,26)12-6-19(24)23-9-7-20(8-10-23)14-13-17(28-16(14)5-11-27-20)15-3-2-4-18(21)22-15/h2-4,13H,5-12H2,1H3,(H2,21,22). The maximum atomic E-state index is 12.4. The van der Waals surface area contributed by atoms with Gasteiger partial charge in [-0.25, -0.2) is 13.4 Å². The van der Waals surface area contributed by atoms with E-state index in [9.17, 15) is 13.2 Å². The van der Waals surface area contributed by atoms with Crippen molar-refractivity contribution in [1.82, 2.24) is 9.88 Å². The molecule has 1 fully saturated rings. The first-order valence-corrected chi connectivity index (χ1v) is 12.6. The van der Waals surface area contributed by atoms with Crippen LogP contribution in [0.4, 0.5) is 5.82 Å². The molecular formula is C20H25N3O4S2. The number of carbonyl (C=O) groups is 1. The van der Waals surface area contributed by atoms with Crippen LogP contribution in [0, 0.1) is 0 Å². The molecule has 7 nitrogen and oxygen atoms in total. The smallest absolute Gasteiger partial charge is 0.223 e. The second kappa shape index (κ2) is 7.70. The molecule has 2 aromatic rings. The lowest BCUT2D eigenvalue weighted by Crippen LogP contribution is -2.48. The lowest BCUT2D eigenvalue weighted by Gasteiger charge is -2.44. The molecule has 0 aromatic carbocycles. The molecular weight excluding hydrogens is 410 g/mol. The minimum absolute atomic E-state index is 0.0433. The van der Waals surface area contributed by atoms with Crippen LogP contribution >= 0.6 is 11.3 Å². The highest BCUT2D eigenvalue weighted by molar-refractivity contribution is 7.90. The molecule has 2 aliphatic heterocycles. The third kappa shape index (κ3) is 4.31. The summed E-state index contributed by atoms with van der Waals surface area (Å²) in [5.74, 6) is 0.298. The van der Waals surface area contributed by atoms with E-state index in [1.807, 2.05) is 12.1 Å². The van der Waals surface area contributed by atoms with Crippen LogP contribution in [0.1, 0.15) is 29.7 Å². The molecule has 4 rings (SSSR count). The van der Waals surface area contributed by atoms with Crippen molar-refractivity contribution in [2.75, 3.05) is 37.4 Å². The molecule has 0 bridgehead atoms. The first-order chi connectivity index (χ1) is 13.8. The van der Waals surface area contributed by atoms with Gasteiger partial charge in [-0.3, -0.25) is 4.79 Å². The number of aromatic nitrogens is 1. The number of pyridine rings is 1. The number of nitrogens with zero attached hydrogens (tertiary/aromatic N) is 2. The van der Waals surface area contributed by atoms with E-state index >= 15 is 0 Å². The fourth-order valence-electron chi connectivity index (χ4n) is 4.09. The molecule has 1 spiro atoms. The second-order valence-corrected chi connectivity index (χ2v) is 11.1. The SMILES string of the molecule is CS(=O)(=O)CCC(=O)N1CCC2(CC1)OCCc1sc(-c3cccc(N)n3)cc12. The van der Waals surface area contributed by atoms with E-state index in [1.165, 1.54) is 10.4 Å². The van der Waals surface area contributed by atoms with Crippen molar-refractivity contribution in [3.8, 4) is 10.6 Å². The molecule has 2 aromatic heterocycles. The number of likely N-dealkylation sites (tertiary alicyclic amines) is 1. The number of hydrogen-bond donors (Lipinski definition) is 1. The monoisotopic (exact) mass is 435 g/mol. The van der Waals surface area contributed by atoms with Gasteiger partial charge in [0.15, 0.2) is 0 Å². The highest BCUT2D eigenvalue weighted by Crippen LogP contribution is 2.46. The fourth-order valence-corrected chi connectivity index (χ4v) is 5.84. The number of thiophene rings is 1. The Morgan fingerprint density at radius 2 is 2.10 bits per heavy atom. The minimum atomic E-state index is -3.14. The van der Waals surface area contributed by atoms with Crippen molar-refractivity contribution in [1.29, 1.82) is 0 Å². The number of nitrogens with two attached hydrogens (primary N) is 1. The Balaban J connectivity index is 1.51. The Morgan fingerprint density at radius 1 is 1.34 bits per heavy atom. The Hall–Kier alpha value is -1.97. The molecule has 9 heteroatoms. The number of rotatable bonds is 4. The van der Waals surface area contributed by atoms with Crippen molar-refractivity contribution in [3.63, 3.8) is 0 Å². The summed E-state index contributed by atoms with van der Waals surface area (Å²) in [4.78, 5) is 21.0. The van der Waals surface area contributed by atoms with Crippen molar-refractivity contribution >= 4 is 32.9 Å². The molecule has 0 saturated carbocycles. The van der Waals surface area contributed by atoms with Gasteiger partial charge in [-0.1, -0.05) is 6.07 Å². The highest BCUT2D eigenvalue weighted by atomic mass is 32.2. The van der Waals surface area contributed by atoms with E-state index in [0.717, 1.165) is 23.2 Å². The normalized spacial score (nSPS) is 18.6. The Bertz CT molecular complexity index is 1020. The number of piperidine rings is 1. The summed E-state index contributed by atoms with van der Waals surface area (Å²) in [6.45, 7) is 1.81. The van der Waals surface area contributed by atoms with Gasteiger partial charge in [-0.05, 0) is 36.6 Å². The summed E-state index contributed by atoms with van der Waals surface area (Å²) >= 11 is 1.74. The van der Waals surface area contributed by atoms with Crippen LogP contribution < -0.4 is 5.73 Å². The zero-order valence-electron chi connectivity index (χ0n) is 16.4. The van der Waals surface area contributed by atoms with Crippen LogP contribution in [0.25, 0.3) is 10.6 Å². The van der Waals surface area contributed by atoms with E-state index in [0.29, 0.717) is 38.4 Å². The van der Waals surface area contributed by atoms with E-state index in [-0.39, 0.29) is 23.7 Å². The van der Waals surface area contributed by atoms with E-state index < -0.39 is 9.84 Å². The van der Waals surface area contributed by atoms with Crippen molar-refractivity contribution in [2.45, 2.75) is 31.3 Å². The lowest BCUT2D eigenvalue weighted by atomic mass is 9.82. The largest absolute Gasteiger partial charge is 0.384 e. The maximum absolute atomic E-state index is 12.4. The van der Waals surface area contributed by atoms with Crippen LogP contribution in [0.3, 0.4) is 0 Å². The predicted octanol–water partition coefficient (Wildman–Crippen LogP) is 2.22. The fraction of sp³-hybridized carbons (Fsp3) is 0.500. The van der Waals surface area contributed by atoms with Crippen LogP contribution in [0.2, 0.25) is 0 Å². The van der Waals surface area contributed by atoms with E-state index in [1.54, 1.807) is 22.3 Å². The number of ether oxygens (including phenoxy) is 1. The maximum Gasteiger partial charge on any atom is 0.223 e. The predicted molar refractivity (Wildman–Crippen MR) is 113 cm³/mol. The minimum Gasteiger partial charge on any atom is -0.384 e. The van der Waals surface area contributed by atoms with Crippen LogP contribution in [0.5, 0.6) is 0 Å². The average Bonchev–Trinajstić information content (AvgIpc) is 3.12. The van der Waals surface area contributed by atoms with Gasteiger partial charge in [-0.15, -0.1) is 11.3 Å². The molecule has 0 atom stereocenters. The van der Waals surface area contributed by atoms with Gasteiger partial charge in [0.2, 0.25) is 5.91 Å². The first kappa shape index (κ1) is 20.3. The summed E-state index contributed by atoms with van der Waals surface area (Å²) in [6, 6.07) is 7.81. The number of nitrogen functional groups attached to an aromatic ring is 1. The summed E-state index contributed by atoms with van der Waals surface area (Å²) in [6.07, 6.45) is 3.51. The van der Waals surface area contributed by atoms with Crippen LogP contribution in [-0.2, 0) is 31.4 Å². The summed E-state index contributed by atoms with van der Waals surface area (Å²) in [7, 11) is -3.14. The third-order valence-electron chi connectivity index (χ3n) is 5.64. The van der Waals surface area contributed by atoms with Gasteiger partial charge in [0.05, 0.1) is 28.5 Å². The van der Waals surface area contributed by atoms with Gasteiger partial charge in [0.1, 0.15) is 15.7 Å². The van der Waals surface area contributed by atoms with Gasteiger partial charge < -0.3 is 15.4 Å². The molecule has 2 aliphatic rings. The molecule has 156 valence electrons. The number of anilines is 1. The zero-order chi connectivity index (χ0) is 20.6. The number of amides is 1. The van der Waals surface area contributed by atoms with Crippen LogP contribution in [0.15, 0.2) is 24.3 Å². The molecule has 4 heterocycles. The zero-order valence-corrected chi connectivity index (χ0v) is 18.0. The Kier molecular flexibility index (Phi) is 5.39. The molecule has 1 amide bonds. The summed E-state index contributed by atoms with van der Waals surface area (Å²) in [5.41, 5.74) is 7.54. The molecule has 0 radical (unpaired) electrons. The Labute approximate surface area is 174 Å². The van der Waals surface area contributed by atoms with Gasteiger partial charge >= 0.3 is 0 Å². The highest BCUT2D eigenvalue weighted by Gasteiger charge is 2.42. The average molecular weight is 436 g/mol. The Morgan fingerprint density at radius 3 is 2.79 bits per heavy atom. The van der Waals surface area contributed by atoms with Crippen LogP contribution in [-0.4, -0.2) is 55.9 Å².